The van der Waals surface area contributed by atoms with E-state index in [4.69, 9.17) is 23.1 Å². The van der Waals surface area contributed by atoms with Gasteiger partial charge in [0.25, 0.3) is 0 Å². The predicted octanol–water partition coefficient (Wildman–Crippen LogP) is 4.20. The monoisotopic (exact) mass is 384 g/mol. The summed E-state index contributed by atoms with van der Waals surface area (Å²) in [6.45, 7) is 12.8. The largest absolute Gasteiger partial charge is 0.491 e. The van der Waals surface area contributed by atoms with Gasteiger partial charge < -0.3 is 23.1 Å². The molecule has 5 nitrogen and oxygen atoms in total. The second-order valence-corrected chi connectivity index (χ2v) is 9.50. The van der Waals surface area contributed by atoms with Gasteiger partial charge in [-0.3, -0.25) is 0 Å². The average molecular weight is 385 g/mol. The quantitative estimate of drug-likeness (QED) is 0.316. The third-order valence-electron chi connectivity index (χ3n) is 3.99. The first kappa shape index (κ1) is 23.1. The maximum atomic E-state index is 5.89. The van der Waals surface area contributed by atoms with Gasteiger partial charge >= 0.3 is 8.56 Å². The first-order valence-electron chi connectivity index (χ1n) is 9.78. The Kier molecular flexibility index (Phi) is 12.6. The van der Waals surface area contributed by atoms with Crippen LogP contribution in [0, 0.1) is 0 Å². The lowest BCUT2D eigenvalue weighted by Gasteiger charge is -2.25. The fourth-order valence-electron chi connectivity index (χ4n) is 2.75. The lowest BCUT2D eigenvalue weighted by atomic mass is 10.1. The summed E-state index contributed by atoms with van der Waals surface area (Å²) < 4.78 is 28.1. The molecule has 1 rings (SSSR count). The van der Waals surface area contributed by atoms with Crippen LogP contribution in [-0.4, -0.2) is 54.8 Å². The molecular weight excluding hydrogens is 348 g/mol. The first-order valence-corrected chi connectivity index (χ1v) is 12.3. The van der Waals surface area contributed by atoms with Crippen LogP contribution in [0.25, 0.3) is 0 Å². The van der Waals surface area contributed by atoms with E-state index in [-0.39, 0.29) is 0 Å². The summed E-state index contributed by atoms with van der Waals surface area (Å²) in [5.74, 6) is 0.880. The van der Waals surface area contributed by atoms with E-state index >= 15 is 0 Å². The Morgan fingerprint density at radius 2 is 1.38 bits per heavy atom. The minimum absolute atomic E-state index is 0.554. The van der Waals surface area contributed by atoms with E-state index in [0.29, 0.717) is 26.4 Å². The number of rotatable bonds is 16. The Morgan fingerprint density at radius 1 is 0.769 bits per heavy atom. The fraction of sp³-hybridized carbons (Fsp3) is 0.700. The predicted molar refractivity (Wildman–Crippen MR) is 107 cm³/mol. The molecule has 0 radical (unpaired) electrons. The molecule has 1 aromatic carbocycles. The van der Waals surface area contributed by atoms with Gasteiger partial charge in [-0.2, -0.15) is 0 Å². The van der Waals surface area contributed by atoms with Crippen LogP contribution in [0.3, 0.4) is 0 Å². The third-order valence-corrected chi connectivity index (χ3v) is 7.05. The fourth-order valence-corrected chi connectivity index (χ4v) is 5.16. The van der Waals surface area contributed by atoms with Crippen LogP contribution in [0.2, 0.25) is 12.6 Å². The summed E-state index contributed by atoms with van der Waals surface area (Å²) in [6.07, 6.45) is 2.11. The molecule has 0 unspecified atom stereocenters. The molecular formula is C20H36O5Si. The van der Waals surface area contributed by atoms with Crippen LogP contribution in [-0.2, 0) is 24.7 Å². The molecule has 26 heavy (non-hydrogen) atoms. The van der Waals surface area contributed by atoms with Crippen LogP contribution >= 0.6 is 0 Å². The molecule has 0 aliphatic heterocycles. The highest BCUT2D eigenvalue weighted by Gasteiger charge is 2.29. The van der Waals surface area contributed by atoms with Gasteiger partial charge in [-0.25, -0.2) is 0 Å². The Labute approximate surface area is 160 Å². The van der Waals surface area contributed by atoms with Crippen LogP contribution in [0.1, 0.15) is 32.8 Å². The van der Waals surface area contributed by atoms with Crippen LogP contribution in [0.5, 0.6) is 5.75 Å². The second-order valence-electron chi connectivity index (χ2n) is 6.16. The molecule has 0 bridgehead atoms. The number of hydrogen-bond acceptors (Lipinski definition) is 5. The highest BCUT2D eigenvalue weighted by atomic mass is 28.4. The van der Waals surface area contributed by atoms with Crippen LogP contribution < -0.4 is 4.74 Å². The van der Waals surface area contributed by atoms with Gasteiger partial charge in [0.2, 0.25) is 0 Å². The first-order chi connectivity index (χ1) is 12.6. The van der Waals surface area contributed by atoms with Crippen molar-refractivity contribution in [3.05, 3.63) is 29.8 Å². The molecule has 0 heterocycles. The Morgan fingerprint density at radius 3 is 2.00 bits per heavy atom. The van der Waals surface area contributed by atoms with Gasteiger partial charge in [-0.15, -0.1) is 0 Å². The summed E-state index contributed by atoms with van der Waals surface area (Å²) in [5.41, 5.74) is 1.31. The van der Waals surface area contributed by atoms with Crippen molar-refractivity contribution in [3.63, 3.8) is 0 Å². The van der Waals surface area contributed by atoms with E-state index in [9.17, 15) is 0 Å². The maximum absolute atomic E-state index is 5.89. The van der Waals surface area contributed by atoms with Gasteiger partial charge in [0.1, 0.15) is 12.4 Å². The van der Waals surface area contributed by atoms with E-state index in [1.165, 1.54) is 5.56 Å². The molecule has 0 spiro atoms. The average Bonchev–Trinajstić information content (AvgIpc) is 2.62. The van der Waals surface area contributed by atoms with Gasteiger partial charge in [-0.05, 0) is 63.9 Å². The molecule has 150 valence electrons. The smallest absolute Gasteiger partial charge is 0.334 e. The number of ether oxygens (including phenoxy) is 3. The molecule has 0 saturated carbocycles. The molecule has 0 atom stereocenters. The van der Waals surface area contributed by atoms with Crippen molar-refractivity contribution in [1.82, 2.24) is 0 Å². The van der Waals surface area contributed by atoms with Crippen molar-refractivity contribution in [2.75, 3.05) is 46.2 Å². The molecule has 0 aliphatic carbocycles. The topological polar surface area (TPSA) is 46.2 Å². The molecule has 0 N–H and O–H groups in total. The molecule has 6 heteroatoms. The third kappa shape index (κ3) is 10.3. The van der Waals surface area contributed by atoms with E-state index in [0.717, 1.165) is 44.5 Å². The van der Waals surface area contributed by atoms with Gasteiger partial charge in [0.15, 0.2) is 0 Å². The van der Waals surface area contributed by atoms with E-state index in [1.807, 2.05) is 32.9 Å². The van der Waals surface area contributed by atoms with Crippen molar-refractivity contribution < 1.29 is 23.1 Å². The van der Waals surface area contributed by atoms with Gasteiger partial charge in [0, 0.05) is 19.8 Å². The number of aryl methyl sites for hydroxylation is 1. The molecule has 0 saturated heterocycles. The molecule has 0 fully saturated rings. The Hall–Kier alpha value is -0.923. The SMILES string of the molecule is CCOCCOCCOc1ccc(CCC[Si](C)(OCC)OCC)cc1. The zero-order valence-electron chi connectivity index (χ0n) is 16.9. The Bertz CT molecular complexity index is 446. The summed E-state index contributed by atoms with van der Waals surface area (Å²) in [7, 11) is -2.00. The summed E-state index contributed by atoms with van der Waals surface area (Å²) in [6, 6.07) is 9.33. The van der Waals surface area contributed by atoms with Gasteiger partial charge in [0.05, 0.1) is 19.8 Å². The molecule has 0 amide bonds. The summed E-state index contributed by atoms with van der Waals surface area (Å²) >= 11 is 0. The van der Waals surface area contributed by atoms with Crippen molar-refractivity contribution in [3.8, 4) is 5.75 Å². The normalized spacial score (nSPS) is 11.7. The van der Waals surface area contributed by atoms with E-state index < -0.39 is 8.56 Å². The molecule has 0 aliphatic rings. The Balaban J connectivity index is 2.23. The highest BCUT2D eigenvalue weighted by molar-refractivity contribution is 6.66. The highest BCUT2D eigenvalue weighted by Crippen LogP contribution is 2.19. The van der Waals surface area contributed by atoms with Crippen molar-refractivity contribution in [2.24, 2.45) is 0 Å². The number of hydrogen-bond donors (Lipinski definition) is 0. The molecule has 1 aromatic rings. The van der Waals surface area contributed by atoms with E-state index in [1.54, 1.807) is 0 Å². The zero-order valence-corrected chi connectivity index (χ0v) is 17.9. The van der Waals surface area contributed by atoms with E-state index in [2.05, 4.69) is 18.7 Å². The van der Waals surface area contributed by atoms with Crippen molar-refractivity contribution >= 4 is 8.56 Å². The van der Waals surface area contributed by atoms with Crippen LogP contribution in [0.15, 0.2) is 24.3 Å². The zero-order chi connectivity index (χ0) is 19.1. The standard InChI is InChI=1S/C20H36O5Si/c1-5-21-14-15-22-16-17-23-20-12-10-19(11-13-20)9-8-18-26(4,24-6-2)25-7-3/h10-13H,5-9,14-18H2,1-4H3. The summed E-state index contributed by atoms with van der Waals surface area (Å²) in [4.78, 5) is 0. The minimum atomic E-state index is -2.00. The summed E-state index contributed by atoms with van der Waals surface area (Å²) in [5, 5.41) is 0. The van der Waals surface area contributed by atoms with Crippen molar-refractivity contribution in [1.29, 1.82) is 0 Å². The lowest BCUT2D eigenvalue weighted by molar-refractivity contribution is 0.0405. The van der Waals surface area contributed by atoms with Crippen molar-refractivity contribution in [2.45, 2.75) is 46.2 Å². The number of benzene rings is 1. The maximum Gasteiger partial charge on any atom is 0.334 e. The van der Waals surface area contributed by atoms with Crippen LogP contribution in [0.4, 0.5) is 0 Å². The second kappa shape index (κ2) is 14.2. The lowest BCUT2D eigenvalue weighted by Crippen LogP contribution is -2.38. The minimum Gasteiger partial charge on any atom is -0.491 e. The molecule has 0 aromatic heterocycles. The van der Waals surface area contributed by atoms with Gasteiger partial charge in [-0.1, -0.05) is 12.1 Å².